The number of nitrogens with zero attached hydrogens (tertiary/aromatic N) is 4. The number of hydrogen-bond donors (Lipinski definition) is 3. The van der Waals surface area contributed by atoms with Crippen molar-refractivity contribution in [3.05, 3.63) is 34.8 Å². The third kappa shape index (κ3) is 3.31. The molecule has 3 rings (SSSR count). The average molecular weight is 333 g/mol. The molecule has 0 aromatic carbocycles. The Morgan fingerprint density at radius 1 is 1.29 bits per heavy atom. The van der Waals surface area contributed by atoms with Crippen LogP contribution in [-0.4, -0.2) is 45.1 Å². The predicted molar refractivity (Wildman–Crippen MR) is 85.6 cm³/mol. The molecule has 126 valence electrons. The second kappa shape index (κ2) is 6.60. The van der Waals surface area contributed by atoms with Crippen LogP contribution in [0.3, 0.4) is 0 Å². The lowest BCUT2D eigenvalue weighted by Gasteiger charge is -2.31. The topological polar surface area (TPSA) is 130 Å². The molecule has 1 aliphatic rings. The summed E-state index contributed by atoms with van der Waals surface area (Å²) in [6.07, 6.45) is 3.98. The van der Waals surface area contributed by atoms with Crippen LogP contribution in [-0.2, 0) is 0 Å². The molecule has 2 aromatic heterocycles. The van der Waals surface area contributed by atoms with Crippen LogP contribution in [0.15, 0.2) is 23.4 Å². The van der Waals surface area contributed by atoms with E-state index in [-0.39, 0.29) is 17.3 Å². The molecule has 2 aromatic rings. The molecule has 0 atom stereocenters. The molecule has 0 aliphatic carbocycles. The highest BCUT2D eigenvalue weighted by atomic mass is 19.1. The lowest BCUT2D eigenvalue weighted by Crippen LogP contribution is -2.36. The van der Waals surface area contributed by atoms with E-state index in [9.17, 15) is 14.0 Å². The highest BCUT2D eigenvalue weighted by molar-refractivity contribution is 6.06. The van der Waals surface area contributed by atoms with Gasteiger partial charge in [0.05, 0.1) is 11.9 Å². The van der Waals surface area contributed by atoms with Crippen molar-refractivity contribution in [2.75, 3.05) is 29.0 Å². The fraction of sp³-hybridized carbons (Fsp3) is 0.357. The summed E-state index contributed by atoms with van der Waals surface area (Å²) in [6, 6.07) is 0. The maximum absolute atomic E-state index is 13.3. The van der Waals surface area contributed by atoms with Crippen LogP contribution >= 0.6 is 0 Å². The van der Waals surface area contributed by atoms with E-state index in [0.717, 1.165) is 0 Å². The number of anilines is 3. The molecule has 24 heavy (non-hydrogen) atoms. The van der Waals surface area contributed by atoms with Gasteiger partial charge < -0.3 is 16.0 Å². The number of amides is 1. The lowest BCUT2D eigenvalue weighted by molar-refractivity contribution is 0.102. The Morgan fingerprint density at radius 3 is 2.71 bits per heavy atom. The highest BCUT2D eigenvalue weighted by Crippen LogP contribution is 2.26. The molecule has 1 amide bonds. The van der Waals surface area contributed by atoms with Gasteiger partial charge in [0.25, 0.3) is 5.91 Å². The Bertz CT molecular complexity index is 802. The zero-order valence-corrected chi connectivity index (χ0v) is 12.7. The minimum Gasteiger partial charge on any atom is -0.382 e. The second-order valence-electron chi connectivity index (χ2n) is 5.35. The number of hydrogen-bond acceptors (Lipinski definition) is 7. The summed E-state index contributed by atoms with van der Waals surface area (Å²) >= 11 is 0. The fourth-order valence-electron chi connectivity index (χ4n) is 2.51. The van der Waals surface area contributed by atoms with E-state index in [4.69, 9.17) is 5.73 Å². The van der Waals surface area contributed by atoms with Crippen molar-refractivity contribution in [3.8, 4) is 0 Å². The van der Waals surface area contributed by atoms with Gasteiger partial charge in [-0.05, 0) is 12.8 Å². The van der Waals surface area contributed by atoms with Crippen molar-refractivity contribution in [1.82, 2.24) is 19.9 Å². The number of H-pyrrole nitrogens is 1. The summed E-state index contributed by atoms with van der Waals surface area (Å²) in [6.45, 7) is 0.927. The first-order valence-electron chi connectivity index (χ1n) is 7.41. The Morgan fingerprint density at radius 2 is 2.00 bits per heavy atom. The molecule has 0 bridgehead atoms. The number of aromatic amines is 1. The van der Waals surface area contributed by atoms with Crippen LogP contribution in [0.25, 0.3) is 0 Å². The van der Waals surface area contributed by atoms with Crippen LogP contribution in [0, 0.1) is 0 Å². The molecule has 1 aliphatic heterocycles. The van der Waals surface area contributed by atoms with Gasteiger partial charge in [0.15, 0.2) is 11.5 Å². The van der Waals surface area contributed by atoms with E-state index in [1.807, 2.05) is 4.90 Å². The van der Waals surface area contributed by atoms with E-state index < -0.39 is 17.8 Å². The second-order valence-corrected chi connectivity index (χ2v) is 5.35. The standard InChI is InChI=1S/C14H16FN7O2/c15-8-1-5-22(6-2-8)9-7-19-14(24)21-12(9)20-13(23)10-11(16)18-4-3-17-10/h3-4,7-8H,1-2,5-6H2,(H2,16,18)(H2,19,20,21,23,24). The largest absolute Gasteiger partial charge is 0.382 e. The number of nitrogens with two attached hydrogens (primary N) is 1. The Hall–Kier alpha value is -3.04. The molecule has 0 radical (unpaired) electrons. The first-order chi connectivity index (χ1) is 11.5. The molecule has 0 spiro atoms. The van der Waals surface area contributed by atoms with E-state index in [0.29, 0.717) is 31.6 Å². The van der Waals surface area contributed by atoms with Gasteiger partial charge in [-0.2, -0.15) is 4.98 Å². The number of alkyl halides is 1. The Labute approximate surface area is 136 Å². The summed E-state index contributed by atoms with van der Waals surface area (Å²) in [5, 5.41) is 2.56. The van der Waals surface area contributed by atoms with Crippen LogP contribution in [0.2, 0.25) is 0 Å². The van der Waals surface area contributed by atoms with Gasteiger partial charge in [-0.25, -0.2) is 19.2 Å². The third-order valence-electron chi connectivity index (χ3n) is 3.74. The third-order valence-corrected chi connectivity index (χ3v) is 3.74. The first kappa shape index (κ1) is 15.8. The first-order valence-corrected chi connectivity index (χ1v) is 7.41. The number of nitrogens with one attached hydrogen (secondary N) is 2. The summed E-state index contributed by atoms with van der Waals surface area (Å²) in [4.78, 5) is 39.5. The molecule has 1 fully saturated rings. The van der Waals surface area contributed by atoms with Gasteiger partial charge in [-0.3, -0.25) is 9.78 Å². The number of carbonyl (C=O) groups is 1. The maximum atomic E-state index is 13.3. The number of nitrogen functional groups attached to an aromatic ring is 1. The molecular formula is C14H16FN7O2. The van der Waals surface area contributed by atoms with Crippen molar-refractivity contribution in [3.63, 3.8) is 0 Å². The quantitative estimate of drug-likeness (QED) is 0.738. The molecule has 10 heteroatoms. The molecule has 9 nitrogen and oxygen atoms in total. The lowest BCUT2D eigenvalue weighted by atomic mass is 10.1. The molecule has 1 saturated heterocycles. The maximum Gasteiger partial charge on any atom is 0.346 e. The van der Waals surface area contributed by atoms with E-state index in [2.05, 4.69) is 25.3 Å². The molecule has 3 heterocycles. The van der Waals surface area contributed by atoms with Gasteiger partial charge in [0.2, 0.25) is 0 Å². The monoisotopic (exact) mass is 333 g/mol. The van der Waals surface area contributed by atoms with E-state index in [1.54, 1.807) is 0 Å². The number of carbonyl (C=O) groups excluding carboxylic acids is 1. The van der Waals surface area contributed by atoms with Crippen molar-refractivity contribution in [2.45, 2.75) is 19.0 Å². The van der Waals surface area contributed by atoms with Gasteiger partial charge >= 0.3 is 5.69 Å². The number of aromatic nitrogens is 4. The van der Waals surface area contributed by atoms with Crippen molar-refractivity contribution in [1.29, 1.82) is 0 Å². The molecule has 0 unspecified atom stereocenters. The van der Waals surface area contributed by atoms with Gasteiger partial charge in [0.1, 0.15) is 12.0 Å². The Kier molecular flexibility index (Phi) is 4.36. The zero-order valence-electron chi connectivity index (χ0n) is 12.7. The minimum atomic E-state index is -0.839. The zero-order chi connectivity index (χ0) is 17.1. The summed E-state index contributed by atoms with van der Waals surface area (Å²) in [5.74, 6) is -0.461. The molecular weight excluding hydrogens is 317 g/mol. The van der Waals surface area contributed by atoms with E-state index >= 15 is 0 Å². The van der Waals surface area contributed by atoms with Crippen LogP contribution in [0.4, 0.5) is 21.7 Å². The molecule has 4 N–H and O–H groups in total. The highest BCUT2D eigenvalue weighted by Gasteiger charge is 2.23. The van der Waals surface area contributed by atoms with Gasteiger partial charge in [-0.15, -0.1) is 0 Å². The Balaban J connectivity index is 1.87. The van der Waals surface area contributed by atoms with Crippen LogP contribution < -0.4 is 21.6 Å². The summed E-state index contributed by atoms with van der Waals surface area (Å²) in [5.41, 5.74) is 5.48. The normalized spacial score (nSPS) is 15.3. The van der Waals surface area contributed by atoms with Crippen LogP contribution in [0.5, 0.6) is 0 Å². The van der Waals surface area contributed by atoms with Crippen molar-refractivity contribution >= 4 is 23.2 Å². The summed E-state index contributed by atoms with van der Waals surface area (Å²) < 4.78 is 13.3. The smallest absolute Gasteiger partial charge is 0.346 e. The van der Waals surface area contributed by atoms with Crippen molar-refractivity contribution in [2.24, 2.45) is 0 Å². The van der Waals surface area contributed by atoms with Crippen LogP contribution in [0.1, 0.15) is 23.3 Å². The number of piperidine rings is 1. The summed E-state index contributed by atoms with van der Waals surface area (Å²) in [7, 11) is 0. The van der Waals surface area contributed by atoms with Gasteiger partial charge in [0, 0.05) is 25.5 Å². The predicted octanol–water partition coefficient (Wildman–Crippen LogP) is 0.333. The number of rotatable bonds is 3. The fourth-order valence-corrected chi connectivity index (χ4v) is 2.51. The average Bonchev–Trinajstić information content (AvgIpc) is 2.56. The molecule has 0 saturated carbocycles. The van der Waals surface area contributed by atoms with E-state index in [1.165, 1.54) is 18.6 Å². The van der Waals surface area contributed by atoms with Gasteiger partial charge in [-0.1, -0.05) is 0 Å². The minimum absolute atomic E-state index is 0.0220. The van der Waals surface area contributed by atoms with Crippen molar-refractivity contribution < 1.29 is 9.18 Å². The SMILES string of the molecule is Nc1nccnc1C(=O)Nc1[nH]c(=O)ncc1N1CCC(F)CC1. The number of halogens is 1.